The minimum Gasteiger partial charge on any atom is -0.378 e. The lowest BCUT2D eigenvalue weighted by molar-refractivity contribution is -0.140. The van der Waals surface area contributed by atoms with Crippen LogP contribution in [0.25, 0.3) is 0 Å². The van der Waals surface area contributed by atoms with Crippen molar-refractivity contribution < 1.29 is 14.3 Å². The van der Waals surface area contributed by atoms with E-state index in [0.717, 1.165) is 6.54 Å². The Labute approximate surface area is 83.3 Å². The van der Waals surface area contributed by atoms with Gasteiger partial charge in [-0.1, -0.05) is 0 Å². The average molecular weight is 200 g/mol. The fourth-order valence-electron chi connectivity index (χ4n) is 1.73. The summed E-state index contributed by atoms with van der Waals surface area (Å²) in [6.45, 7) is 4.68. The minimum absolute atomic E-state index is 0.146. The van der Waals surface area contributed by atoms with Gasteiger partial charge in [0.25, 0.3) is 0 Å². The van der Waals surface area contributed by atoms with Crippen LogP contribution in [-0.2, 0) is 14.3 Å². The van der Waals surface area contributed by atoms with Gasteiger partial charge in [-0.3, -0.25) is 4.79 Å². The second-order valence-electron chi connectivity index (χ2n) is 3.52. The molecule has 14 heavy (non-hydrogen) atoms. The van der Waals surface area contributed by atoms with Gasteiger partial charge in [0, 0.05) is 19.6 Å². The van der Waals surface area contributed by atoms with Crippen LogP contribution in [0, 0.1) is 0 Å². The molecular formula is C9H16N2O3. The molecule has 1 amide bonds. The van der Waals surface area contributed by atoms with Crippen LogP contribution in [-0.4, -0.2) is 62.9 Å². The smallest absolute Gasteiger partial charge is 0.242 e. The number of nitrogens with one attached hydrogen (secondary N) is 1. The lowest BCUT2D eigenvalue weighted by atomic mass is 10.2. The second-order valence-corrected chi connectivity index (χ2v) is 3.52. The molecule has 2 aliphatic rings. The number of amides is 1. The molecule has 0 unspecified atom stereocenters. The number of hydrogen-bond acceptors (Lipinski definition) is 4. The van der Waals surface area contributed by atoms with Gasteiger partial charge in [-0.2, -0.15) is 0 Å². The zero-order chi connectivity index (χ0) is 9.80. The van der Waals surface area contributed by atoms with E-state index in [9.17, 15) is 4.79 Å². The predicted octanol–water partition coefficient (Wildman–Crippen LogP) is -1.17. The number of carbonyl (C=O) groups is 1. The van der Waals surface area contributed by atoms with Gasteiger partial charge in [-0.05, 0) is 0 Å². The zero-order valence-electron chi connectivity index (χ0n) is 8.20. The first-order valence-electron chi connectivity index (χ1n) is 5.05. The first-order chi connectivity index (χ1) is 6.88. The molecule has 2 heterocycles. The van der Waals surface area contributed by atoms with Crippen molar-refractivity contribution in [1.82, 2.24) is 10.2 Å². The monoisotopic (exact) mass is 200 g/mol. The lowest BCUT2D eigenvalue weighted by Crippen LogP contribution is -2.54. The van der Waals surface area contributed by atoms with Crippen LogP contribution < -0.4 is 5.32 Å². The van der Waals surface area contributed by atoms with Crippen molar-refractivity contribution in [2.45, 2.75) is 6.04 Å². The zero-order valence-corrected chi connectivity index (χ0v) is 8.20. The second kappa shape index (κ2) is 4.72. The molecule has 5 heteroatoms. The Morgan fingerprint density at radius 3 is 2.64 bits per heavy atom. The Balaban J connectivity index is 1.85. The maximum Gasteiger partial charge on any atom is 0.242 e. The number of rotatable bonds is 1. The first kappa shape index (κ1) is 9.89. The Kier molecular flexibility index (Phi) is 3.34. The van der Waals surface area contributed by atoms with Crippen LogP contribution in [0.3, 0.4) is 0 Å². The quantitative estimate of drug-likeness (QED) is 0.579. The third-order valence-electron chi connectivity index (χ3n) is 2.54. The Morgan fingerprint density at radius 2 is 2.00 bits per heavy atom. The van der Waals surface area contributed by atoms with E-state index in [0.29, 0.717) is 39.5 Å². The molecule has 0 radical (unpaired) electrons. The van der Waals surface area contributed by atoms with E-state index in [2.05, 4.69) is 5.32 Å². The Hall–Kier alpha value is -0.650. The van der Waals surface area contributed by atoms with E-state index in [4.69, 9.17) is 9.47 Å². The fraction of sp³-hybridized carbons (Fsp3) is 0.889. The van der Waals surface area contributed by atoms with E-state index in [1.54, 1.807) is 0 Å². The van der Waals surface area contributed by atoms with Gasteiger partial charge in [-0.25, -0.2) is 0 Å². The van der Waals surface area contributed by atoms with Gasteiger partial charge in [0.05, 0.1) is 26.4 Å². The molecule has 1 atom stereocenters. The number of ether oxygens (including phenoxy) is 2. The topological polar surface area (TPSA) is 50.8 Å². The van der Waals surface area contributed by atoms with Crippen molar-refractivity contribution in [3.63, 3.8) is 0 Å². The van der Waals surface area contributed by atoms with Gasteiger partial charge >= 0.3 is 0 Å². The van der Waals surface area contributed by atoms with Crippen LogP contribution in [0.4, 0.5) is 0 Å². The van der Waals surface area contributed by atoms with E-state index < -0.39 is 0 Å². The summed E-state index contributed by atoms with van der Waals surface area (Å²) in [5.41, 5.74) is 0. The number of hydrogen-bond donors (Lipinski definition) is 1. The number of morpholine rings is 2. The highest BCUT2D eigenvalue weighted by Gasteiger charge is 2.26. The van der Waals surface area contributed by atoms with Crippen molar-refractivity contribution in [3.8, 4) is 0 Å². The van der Waals surface area contributed by atoms with Crippen LogP contribution in [0.15, 0.2) is 0 Å². The fourth-order valence-corrected chi connectivity index (χ4v) is 1.73. The van der Waals surface area contributed by atoms with Gasteiger partial charge in [0.2, 0.25) is 5.91 Å². The maximum atomic E-state index is 11.9. The summed E-state index contributed by atoms with van der Waals surface area (Å²) in [7, 11) is 0. The molecule has 2 rings (SSSR count). The number of carbonyl (C=O) groups excluding carboxylic acids is 1. The van der Waals surface area contributed by atoms with Gasteiger partial charge in [0.1, 0.15) is 6.04 Å². The van der Waals surface area contributed by atoms with Gasteiger partial charge < -0.3 is 19.7 Å². The molecule has 0 saturated carbocycles. The number of nitrogens with zero attached hydrogens (tertiary/aromatic N) is 1. The molecule has 0 bridgehead atoms. The molecular weight excluding hydrogens is 184 g/mol. The highest BCUT2D eigenvalue weighted by molar-refractivity contribution is 5.82. The normalized spacial score (nSPS) is 28.9. The Morgan fingerprint density at radius 1 is 1.21 bits per heavy atom. The van der Waals surface area contributed by atoms with Crippen LogP contribution in [0.5, 0.6) is 0 Å². The van der Waals surface area contributed by atoms with Gasteiger partial charge in [-0.15, -0.1) is 0 Å². The Bertz CT molecular complexity index is 178. The van der Waals surface area contributed by atoms with E-state index >= 15 is 0 Å². The molecule has 1 N–H and O–H groups in total. The summed E-state index contributed by atoms with van der Waals surface area (Å²) in [6.07, 6.45) is 0. The average Bonchev–Trinajstić information content (AvgIpc) is 2.30. The standard InChI is InChI=1S/C9H16N2O3/c12-9(8-7-14-4-1-10-8)11-2-5-13-6-3-11/h8,10H,1-7H2/t8-/m0/s1. The summed E-state index contributed by atoms with van der Waals surface area (Å²) in [5, 5.41) is 3.16. The molecule has 5 nitrogen and oxygen atoms in total. The van der Waals surface area contributed by atoms with Crippen molar-refractivity contribution >= 4 is 5.91 Å². The molecule has 2 aliphatic heterocycles. The SMILES string of the molecule is O=C([C@@H]1COCCN1)N1CCOCC1. The molecule has 0 aromatic rings. The van der Waals surface area contributed by atoms with E-state index in [1.165, 1.54) is 0 Å². The summed E-state index contributed by atoms with van der Waals surface area (Å²) >= 11 is 0. The molecule has 0 aliphatic carbocycles. The van der Waals surface area contributed by atoms with Gasteiger partial charge in [0.15, 0.2) is 0 Å². The summed E-state index contributed by atoms with van der Waals surface area (Å²) < 4.78 is 10.4. The van der Waals surface area contributed by atoms with Crippen molar-refractivity contribution in [2.24, 2.45) is 0 Å². The third-order valence-corrected chi connectivity index (χ3v) is 2.54. The summed E-state index contributed by atoms with van der Waals surface area (Å²) in [4.78, 5) is 13.7. The predicted molar refractivity (Wildman–Crippen MR) is 50.0 cm³/mol. The lowest BCUT2D eigenvalue weighted by Gasteiger charge is -2.32. The highest BCUT2D eigenvalue weighted by Crippen LogP contribution is 2.03. The highest BCUT2D eigenvalue weighted by atomic mass is 16.5. The summed E-state index contributed by atoms with van der Waals surface area (Å²) in [5.74, 6) is 0.146. The van der Waals surface area contributed by atoms with E-state index in [-0.39, 0.29) is 11.9 Å². The van der Waals surface area contributed by atoms with Crippen LogP contribution >= 0.6 is 0 Å². The minimum atomic E-state index is -0.151. The molecule has 0 spiro atoms. The third kappa shape index (κ3) is 2.23. The summed E-state index contributed by atoms with van der Waals surface area (Å²) in [6, 6.07) is -0.151. The van der Waals surface area contributed by atoms with Crippen molar-refractivity contribution in [3.05, 3.63) is 0 Å². The molecule has 2 saturated heterocycles. The van der Waals surface area contributed by atoms with Crippen molar-refractivity contribution in [2.75, 3.05) is 46.1 Å². The molecule has 0 aromatic heterocycles. The molecule has 80 valence electrons. The first-order valence-corrected chi connectivity index (χ1v) is 5.05. The molecule has 0 aromatic carbocycles. The van der Waals surface area contributed by atoms with Crippen molar-refractivity contribution in [1.29, 1.82) is 0 Å². The van der Waals surface area contributed by atoms with Crippen LogP contribution in [0.2, 0.25) is 0 Å². The molecule has 2 fully saturated rings. The van der Waals surface area contributed by atoms with Crippen LogP contribution in [0.1, 0.15) is 0 Å². The van der Waals surface area contributed by atoms with E-state index in [1.807, 2.05) is 4.90 Å². The maximum absolute atomic E-state index is 11.9. The largest absolute Gasteiger partial charge is 0.378 e.